The van der Waals surface area contributed by atoms with Gasteiger partial charge < -0.3 is 10.4 Å². The zero-order valence-electron chi connectivity index (χ0n) is 9.45. The van der Waals surface area contributed by atoms with E-state index in [9.17, 15) is 14.3 Å². The van der Waals surface area contributed by atoms with E-state index in [4.69, 9.17) is 23.2 Å². The van der Waals surface area contributed by atoms with E-state index in [0.29, 0.717) is 5.02 Å². The quantitative estimate of drug-likeness (QED) is 0.877. The van der Waals surface area contributed by atoms with Crippen LogP contribution in [0.25, 0.3) is 0 Å². The van der Waals surface area contributed by atoms with Crippen LogP contribution in [0, 0.1) is 5.82 Å². The number of phenols is 1. The molecule has 6 heteroatoms. The summed E-state index contributed by atoms with van der Waals surface area (Å²) < 4.78 is 13.6. The maximum absolute atomic E-state index is 13.6. The number of nitrogens with one attached hydrogen (secondary N) is 1. The largest absolute Gasteiger partial charge is 0.507 e. The average Bonchev–Trinajstić information content (AvgIpc) is 2.34. The van der Waals surface area contributed by atoms with Crippen molar-refractivity contribution < 1.29 is 14.3 Å². The van der Waals surface area contributed by atoms with Gasteiger partial charge in [-0.25, -0.2) is 4.39 Å². The first-order chi connectivity index (χ1) is 8.99. The Labute approximate surface area is 118 Å². The number of carbonyl (C=O) groups is 1. The minimum absolute atomic E-state index is 0.0104. The second-order valence-corrected chi connectivity index (χ2v) is 4.56. The summed E-state index contributed by atoms with van der Waals surface area (Å²) in [7, 11) is 0. The van der Waals surface area contributed by atoms with Crippen molar-refractivity contribution >= 4 is 34.8 Å². The molecule has 98 valence electrons. The molecule has 1 amide bonds. The predicted molar refractivity (Wildman–Crippen MR) is 72.5 cm³/mol. The van der Waals surface area contributed by atoms with Crippen LogP contribution in [-0.2, 0) is 0 Å². The molecular weight excluding hydrogens is 292 g/mol. The lowest BCUT2D eigenvalue weighted by molar-refractivity contribution is 0.102. The van der Waals surface area contributed by atoms with Gasteiger partial charge in [0.25, 0.3) is 5.91 Å². The molecule has 0 spiro atoms. The maximum Gasteiger partial charge on any atom is 0.259 e. The molecule has 3 nitrogen and oxygen atoms in total. The zero-order chi connectivity index (χ0) is 14.0. The van der Waals surface area contributed by atoms with Gasteiger partial charge in [0, 0.05) is 5.02 Å². The third kappa shape index (κ3) is 2.97. The number of anilines is 1. The molecule has 0 aromatic heterocycles. The fourth-order valence-corrected chi connectivity index (χ4v) is 1.83. The monoisotopic (exact) mass is 299 g/mol. The first kappa shape index (κ1) is 13.6. The van der Waals surface area contributed by atoms with Crippen LogP contribution in [0.3, 0.4) is 0 Å². The minimum Gasteiger partial charge on any atom is -0.507 e. The normalized spacial score (nSPS) is 10.3. The molecule has 2 N–H and O–H groups in total. The molecular formula is C13H8Cl2FNO2. The molecule has 2 aromatic carbocycles. The van der Waals surface area contributed by atoms with Crippen LogP contribution >= 0.6 is 23.2 Å². The molecule has 2 aromatic rings. The summed E-state index contributed by atoms with van der Waals surface area (Å²) in [5.74, 6) is -1.67. The fourth-order valence-electron chi connectivity index (χ4n) is 1.49. The topological polar surface area (TPSA) is 49.3 Å². The van der Waals surface area contributed by atoms with Gasteiger partial charge in [-0.2, -0.15) is 0 Å². The lowest BCUT2D eigenvalue weighted by Crippen LogP contribution is -2.13. The summed E-state index contributed by atoms with van der Waals surface area (Å²) in [6, 6.07) is 8.26. The SMILES string of the molecule is O=C(Nc1cccc(Cl)c1F)c1ccc(Cl)cc1O. The van der Waals surface area contributed by atoms with Crippen molar-refractivity contribution in [2.24, 2.45) is 0 Å². The number of rotatable bonds is 2. The molecule has 0 aliphatic rings. The fraction of sp³-hybridized carbons (Fsp3) is 0. The van der Waals surface area contributed by atoms with Gasteiger partial charge in [-0.15, -0.1) is 0 Å². The summed E-state index contributed by atoms with van der Waals surface area (Å²) in [5, 5.41) is 12.1. The van der Waals surface area contributed by atoms with Gasteiger partial charge in [0.15, 0.2) is 5.82 Å². The summed E-state index contributed by atoms with van der Waals surface area (Å²) in [5.41, 5.74) is -0.0735. The minimum atomic E-state index is -0.731. The maximum atomic E-state index is 13.6. The number of amides is 1. The smallest absolute Gasteiger partial charge is 0.259 e. The van der Waals surface area contributed by atoms with Crippen molar-refractivity contribution in [1.29, 1.82) is 0 Å². The van der Waals surface area contributed by atoms with E-state index < -0.39 is 11.7 Å². The number of aromatic hydroxyl groups is 1. The standard InChI is InChI=1S/C13H8Cl2FNO2/c14-7-4-5-8(11(18)6-7)13(19)17-10-3-1-2-9(15)12(10)16/h1-6,18H,(H,17,19). The van der Waals surface area contributed by atoms with E-state index in [1.165, 1.54) is 36.4 Å². The van der Waals surface area contributed by atoms with E-state index in [1.54, 1.807) is 0 Å². The molecule has 0 aliphatic heterocycles. The van der Waals surface area contributed by atoms with E-state index in [2.05, 4.69) is 5.32 Å². The number of benzene rings is 2. The van der Waals surface area contributed by atoms with Crippen molar-refractivity contribution in [3.05, 3.63) is 57.8 Å². The third-order valence-electron chi connectivity index (χ3n) is 2.40. The lowest BCUT2D eigenvalue weighted by atomic mass is 10.2. The van der Waals surface area contributed by atoms with Crippen molar-refractivity contribution in [2.75, 3.05) is 5.32 Å². The van der Waals surface area contributed by atoms with Gasteiger partial charge in [0.05, 0.1) is 16.3 Å². The Morgan fingerprint density at radius 3 is 2.63 bits per heavy atom. The van der Waals surface area contributed by atoms with Gasteiger partial charge in [-0.05, 0) is 30.3 Å². The van der Waals surface area contributed by atoms with Crippen LogP contribution in [0.1, 0.15) is 10.4 Å². The molecule has 0 heterocycles. The Kier molecular flexibility index (Phi) is 3.93. The van der Waals surface area contributed by atoms with Crippen LogP contribution < -0.4 is 5.32 Å². The highest BCUT2D eigenvalue weighted by Crippen LogP contribution is 2.25. The first-order valence-electron chi connectivity index (χ1n) is 5.23. The zero-order valence-corrected chi connectivity index (χ0v) is 11.0. The molecule has 0 aliphatic carbocycles. The van der Waals surface area contributed by atoms with E-state index in [-0.39, 0.29) is 22.0 Å². The van der Waals surface area contributed by atoms with Crippen molar-refractivity contribution in [3.8, 4) is 5.75 Å². The van der Waals surface area contributed by atoms with Gasteiger partial charge in [0.1, 0.15) is 5.75 Å². The second-order valence-electron chi connectivity index (χ2n) is 3.72. The molecule has 0 saturated heterocycles. The highest BCUT2D eigenvalue weighted by molar-refractivity contribution is 6.31. The Morgan fingerprint density at radius 2 is 1.95 bits per heavy atom. The number of hydrogen-bond donors (Lipinski definition) is 2. The molecule has 0 fully saturated rings. The number of hydrogen-bond acceptors (Lipinski definition) is 2. The number of halogens is 3. The summed E-state index contributed by atoms with van der Waals surface area (Å²) in [4.78, 5) is 11.9. The van der Waals surface area contributed by atoms with Crippen LogP contribution in [0.15, 0.2) is 36.4 Å². The van der Waals surface area contributed by atoms with Crippen molar-refractivity contribution in [1.82, 2.24) is 0 Å². The highest BCUT2D eigenvalue weighted by Gasteiger charge is 2.14. The molecule has 0 radical (unpaired) electrons. The van der Waals surface area contributed by atoms with Crippen LogP contribution in [-0.4, -0.2) is 11.0 Å². The summed E-state index contributed by atoms with van der Waals surface area (Å²) in [6.45, 7) is 0. The average molecular weight is 300 g/mol. The van der Waals surface area contributed by atoms with Gasteiger partial charge >= 0.3 is 0 Å². The Morgan fingerprint density at radius 1 is 1.21 bits per heavy atom. The first-order valence-corrected chi connectivity index (χ1v) is 5.98. The van der Waals surface area contributed by atoms with Crippen LogP contribution in [0.2, 0.25) is 10.0 Å². The van der Waals surface area contributed by atoms with E-state index in [1.807, 2.05) is 0 Å². The van der Waals surface area contributed by atoms with Gasteiger partial charge in [-0.1, -0.05) is 29.3 Å². The molecule has 0 atom stereocenters. The predicted octanol–water partition coefficient (Wildman–Crippen LogP) is 4.09. The van der Waals surface area contributed by atoms with Gasteiger partial charge in [-0.3, -0.25) is 4.79 Å². The van der Waals surface area contributed by atoms with Gasteiger partial charge in [0.2, 0.25) is 0 Å². The van der Waals surface area contributed by atoms with Crippen LogP contribution in [0.5, 0.6) is 5.75 Å². The molecule has 0 unspecified atom stereocenters. The molecule has 0 saturated carbocycles. The molecule has 0 bridgehead atoms. The van der Waals surface area contributed by atoms with Crippen molar-refractivity contribution in [2.45, 2.75) is 0 Å². The Hall–Kier alpha value is -1.78. The lowest BCUT2D eigenvalue weighted by Gasteiger charge is -2.08. The summed E-state index contributed by atoms with van der Waals surface area (Å²) in [6.07, 6.45) is 0. The van der Waals surface area contributed by atoms with E-state index in [0.717, 1.165) is 0 Å². The molecule has 19 heavy (non-hydrogen) atoms. The third-order valence-corrected chi connectivity index (χ3v) is 2.93. The summed E-state index contributed by atoms with van der Waals surface area (Å²) >= 11 is 11.3. The number of phenolic OH excluding ortho intramolecular Hbond substituents is 1. The van der Waals surface area contributed by atoms with E-state index >= 15 is 0 Å². The Balaban J connectivity index is 2.28. The van der Waals surface area contributed by atoms with Crippen molar-refractivity contribution in [3.63, 3.8) is 0 Å². The molecule has 2 rings (SSSR count). The Bertz CT molecular complexity index is 647. The second kappa shape index (κ2) is 5.47. The van der Waals surface area contributed by atoms with Crippen LogP contribution in [0.4, 0.5) is 10.1 Å². The highest BCUT2D eigenvalue weighted by atomic mass is 35.5. The number of carbonyl (C=O) groups excluding carboxylic acids is 1.